The van der Waals surface area contributed by atoms with E-state index in [1.807, 2.05) is 37.8 Å². The van der Waals surface area contributed by atoms with Gasteiger partial charge in [-0.25, -0.2) is 0 Å². The molecule has 0 saturated carbocycles. The van der Waals surface area contributed by atoms with Crippen LogP contribution in [0.1, 0.15) is 18.1 Å². The number of nitrogens with zero attached hydrogens (tertiary/aromatic N) is 1. The van der Waals surface area contributed by atoms with Crippen LogP contribution in [0.3, 0.4) is 0 Å². The molecule has 0 fully saturated rings. The van der Waals surface area contributed by atoms with Gasteiger partial charge in [0.1, 0.15) is 0 Å². The van der Waals surface area contributed by atoms with Gasteiger partial charge in [-0.05, 0) is 47.0 Å². The molecule has 0 bridgehead atoms. The number of hydrogen-bond acceptors (Lipinski definition) is 4. The molecule has 0 aliphatic carbocycles. The molecule has 1 heterocycles. The molecular formula is C16H22N2OS. The van der Waals surface area contributed by atoms with Crippen LogP contribution in [0.4, 0.5) is 5.69 Å². The van der Waals surface area contributed by atoms with Gasteiger partial charge in [-0.2, -0.15) is 11.3 Å². The van der Waals surface area contributed by atoms with Gasteiger partial charge in [0.05, 0.1) is 5.60 Å². The first-order valence-electron chi connectivity index (χ1n) is 6.71. The van der Waals surface area contributed by atoms with Gasteiger partial charge in [-0.15, -0.1) is 0 Å². The first kappa shape index (κ1) is 15.0. The molecule has 2 rings (SSSR count). The van der Waals surface area contributed by atoms with Gasteiger partial charge in [0.25, 0.3) is 0 Å². The molecule has 0 spiro atoms. The monoisotopic (exact) mass is 290 g/mol. The average Bonchev–Trinajstić information content (AvgIpc) is 2.94. The van der Waals surface area contributed by atoms with E-state index in [2.05, 4.69) is 34.5 Å². The number of rotatable bonds is 6. The van der Waals surface area contributed by atoms with Gasteiger partial charge in [0, 0.05) is 32.9 Å². The molecule has 20 heavy (non-hydrogen) atoms. The predicted molar refractivity (Wildman–Crippen MR) is 86.4 cm³/mol. The van der Waals surface area contributed by atoms with E-state index in [0.717, 1.165) is 12.1 Å². The fraction of sp³-hybridized carbons (Fsp3) is 0.375. The van der Waals surface area contributed by atoms with Crippen molar-refractivity contribution in [2.24, 2.45) is 0 Å². The normalized spacial score (nSPS) is 14.0. The maximum absolute atomic E-state index is 10.4. The molecule has 1 aromatic carbocycles. The van der Waals surface area contributed by atoms with E-state index >= 15 is 0 Å². The molecule has 4 heteroatoms. The van der Waals surface area contributed by atoms with Crippen molar-refractivity contribution in [1.29, 1.82) is 0 Å². The highest BCUT2D eigenvalue weighted by Gasteiger charge is 2.22. The lowest BCUT2D eigenvalue weighted by molar-refractivity contribution is 0.0571. The predicted octanol–water partition coefficient (Wildman–Crippen LogP) is 2.81. The maximum atomic E-state index is 10.4. The number of thiophene rings is 1. The summed E-state index contributed by atoms with van der Waals surface area (Å²) in [5, 5.41) is 17.7. The molecule has 1 atom stereocenters. The number of aliphatic hydroxyl groups is 1. The third-order valence-electron chi connectivity index (χ3n) is 3.39. The Hall–Kier alpha value is -1.36. The molecule has 0 radical (unpaired) electrons. The van der Waals surface area contributed by atoms with Gasteiger partial charge < -0.3 is 15.3 Å². The zero-order valence-corrected chi connectivity index (χ0v) is 13.1. The van der Waals surface area contributed by atoms with Crippen molar-refractivity contribution in [1.82, 2.24) is 5.32 Å². The maximum Gasteiger partial charge on any atom is 0.1000 e. The number of hydrogen-bond donors (Lipinski definition) is 2. The van der Waals surface area contributed by atoms with Gasteiger partial charge >= 0.3 is 0 Å². The molecule has 2 N–H and O–H groups in total. The number of benzene rings is 1. The first-order chi connectivity index (χ1) is 9.49. The van der Waals surface area contributed by atoms with Crippen LogP contribution in [0.25, 0.3) is 0 Å². The minimum atomic E-state index is -0.816. The van der Waals surface area contributed by atoms with Crippen LogP contribution < -0.4 is 10.2 Å². The molecule has 0 aliphatic rings. The minimum absolute atomic E-state index is 0.541. The van der Waals surface area contributed by atoms with Crippen molar-refractivity contribution < 1.29 is 5.11 Å². The summed E-state index contributed by atoms with van der Waals surface area (Å²) in [7, 11) is 4.07. The first-order valence-corrected chi connectivity index (χ1v) is 7.65. The van der Waals surface area contributed by atoms with E-state index in [0.29, 0.717) is 6.54 Å². The summed E-state index contributed by atoms with van der Waals surface area (Å²) in [6.07, 6.45) is 0. The summed E-state index contributed by atoms with van der Waals surface area (Å²) in [6, 6.07) is 10.4. The standard InChI is InChI=1S/C16H22N2OS/c1-16(19,14-8-9-20-11-14)12-17-10-13-4-6-15(7-5-13)18(2)3/h4-9,11,17,19H,10,12H2,1-3H3. The smallest absolute Gasteiger partial charge is 0.1000 e. The van der Waals surface area contributed by atoms with Gasteiger partial charge in [-0.1, -0.05) is 12.1 Å². The van der Waals surface area contributed by atoms with Gasteiger partial charge in [0.2, 0.25) is 0 Å². The SMILES string of the molecule is CN(C)c1ccc(CNCC(C)(O)c2ccsc2)cc1. The third kappa shape index (κ3) is 3.82. The van der Waals surface area contributed by atoms with Crippen molar-refractivity contribution in [2.45, 2.75) is 19.1 Å². The Labute approximate surface area is 124 Å². The van der Waals surface area contributed by atoms with Crippen LogP contribution in [0.15, 0.2) is 41.1 Å². The largest absolute Gasteiger partial charge is 0.384 e. The van der Waals surface area contributed by atoms with E-state index in [1.54, 1.807) is 11.3 Å². The summed E-state index contributed by atoms with van der Waals surface area (Å²) in [5.41, 5.74) is 2.57. The quantitative estimate of drug-likeness (QED) is 0.859. The van der Waals surface area contributed by atoms with Crippen molar-refractivity contribution in [3.05, 3.63) is 52.2 Å². The van der Waals surface area contributed by atoms with Crippen molar-refractivity contribution in [3.8, 4) is 0 Å². The Morgan fingerprint density at radius 1 is 1.20 bits per heavy atom. The molecule has 0 amide bonds. The zero-order valence-electron chi connectivity index (χ0n) is 12.3. The highest BCUT2D eigenvalue weighted by atomic mass is 32.1. The van der Waals surface area contributed by atoms with Gasteiger partial charge in [-0.3, -0.25) is 0 Å². The topological polar surface area (TPSA) is 35.5 Å². The van der Waals surface area contributed by atoms with E-state index in [1.165, 1.54) is 11.3 Å². The molecule has 1 aromatic heterocycles. The molecule has 0 aliphatic heterocycles. The highest BCUT2D eigenvalue weighted by Crippen LogP contribution is 2.22. The summed E-state index contributed by atoms with van der Waals surface area (Å²) in [5.74, 6) is 0. The van der Waals surface area contributed by atoms with Crippen molar-refractivity contribution >= 4 is 17.0 Å². The fourth-order valence-corrected chi connectivity index (χ4v) is 2.82. The zero-order chi connectivity index (χ0) is 14.6. The molecule has 3 nitrogen and oxygen atoms in total. The van der Waals surface area contributed by atoms with E-state index in [9.17, 15) is 5.11 Å². The van der Waals surface area contributed by atoms with Crippen LogP contribution in [-0.2, 0) is 12.1 Å². The minimum Gasteiger partial charge on any atom is -0.384 e. The number of anilines is 1. The van der Waals surface area contributed by atoms with Crippen LogP contribution in [0, 0.1) is 0 Å². The third-order valence-corrected chi connectivity index (χ3v) is 4.08. The second kappa shape index (κ2) is 6.39. The summed E-state index contributed by atoms with van der Waals surface area (Å²) in [6.45, 7) is 3.14. The van der Waals surface area contributed by atoms with Crippen molar-refractivity contribution in [2.75, 3.05) is 25.5 Å². The molecule has 108 valence electrons. The van der Waals surface area contributed by atoms with Gasteiger partial charge in [0.15, 0.2) is 0 Å². The molecular weight excluding hydrogens is 268 g/mol. The lowest BCUT2D eigenvalue weighted by Crippen LogP contribution is -2.34. The fourth-order valence-electron chi connectivity index (χ4n) is 2.04. The van der Waals surface area contributed by atoms with Crippen molar-refractivity contribution in [3.63, 3.8) is 0 Å². The summed E-state index contributed by atoms with van der Waals surface area (Å²) in [4.78, 5) is 2.08. The Morgan fingerprint density at radius 3 is 2.45 bits per heavy atom. The Kier molecular flexibility index (Phi) is 4.81. The molecule has 1 unspecified atom stereocenters. The second-order valence-electron chi connectivity index (χ2n) is 5.45. The van der Waals surface area contributed by atoms with Crippen LogP contribution in [0.5, 0.6) is 0 Å². The van der Waals surface area contributed by atoms with Crippen LogP contribution >= 0.6 is 11.3 Å². The summed E-state index contributed by atoms with van der Waals surface area (Å²) >= 11 is 1.61. The van der Waals surface area contributed by atoms with Crippen LogP contribution in [-0.4, -0.2) is 25.7 Å². The van der Waals surface area contributed by atoms with E-state index in [-0.39, 0.29) is 0 Å². The lowest BCUT2D eigenvalue weighted by Gasteiger charge is -2.23. The lowest BCUT2D eigenvalue weighted by atomic mass is 9.99. The summed E-state index contributed by atoms with van der Waals surface area (Å²) < 4.78 is 0. The Morgan fingerprint density at radius 2 is 1.90 bits per heavy atom. The Bertz CT molecular complexity index is 518. The van der Waals surface area contributed by atoms with E-state index in [4.69, 9.17) is 0 Å². The second-order valence-corrected chi connectivity index (χ2v) is 6.23. The van der Waals surface area contributed by atoms with Crippen LogP contribution in [0.2, 0.25) is 0 Å². The highest BCUT2D eigenvalue weighted by molar-refractivity contribution is 7.08. The molecule has 0 saturated heterocycles. The van der Waals surface area contributed by atoms with E-state index < -0.39 is 5.60 Å². The number of nitrogens with one attached hydrogen (secondary N) is 1. The average molecular weight is 290 g/mol. The Balaban J connectivity index is 1.86. The molecule has 2 aromatic rings.